The molecule has 1 amide bonds. The van der Waals surface area contributed by atoms with E-state index >= 15 is 0 Å². The molecule has 2 aromatic carbocycles. The fourth-order valence-corrected chi connectivity index (χ4v) is 3.12. The number of aromatic nitrogens is 1. The molecule has 4 rings (SSSR count). The van der Waals surface area contributed by atoms with Crippen LogP contribution >= 0.6 is 11.3 Å². The third-order valence-electron chi connectivity index (χ3n) is 3.66. The van der Waals surface area contributed by atoms with E-state index in [2.05, 4.69) is 15.6 Å². The molecule has 7 nitrogen and oxygen atoms in total. The summed E-state index contributed by atoms with van der Waals surface area (Å²) in [6, 6.07) is 14.3. The van der Waals surface area contributed by atoms with Crippen LogP contribution in [0.5, 0.6) is 11.5 Å². The van der Waals surface area contributed by atoms with Crippen molar-refractivity contribution in [2.45, 2.75) is 0 Å². The second-order valence-electron chi connectivity index (χ2n) is 5.34. The molecule has 0 spiro atoms. The van der Waals surface area contributed by atoms with Crippen molar-refractivity contribution < 1.29 is 14.3 Å². The lowest BCUT2D eigenvalue weighted by Gasteiger charge is -2.05. The van der Waals surface area contributed by atoms with E-state index in [1.54, 1.807) is 29.6 Å². The zero-order valence-electron chi connectivity index (χ0n) is 13.4. The fourth-order valence-electron chi connectivity index (χ4n) is 2.41. The highest BCUT2D eigenvalue weighted by Crippen LogP contribution is 2.35. The number of nitriles is 1. The van der Waals surface area contributed by atoms with Crippen LogP contribution in [0, 0.1) is 11.3 Å². The highest BCUT2D eigenvalue weighted by atomic mass is 32.1. The van der Waals surface area contributed by atoms with Gasteiger partial charge in [-0.1, -0.05) is 12.1 Å². The third kappa shape index (κ3) is 3.16. The van der Waals surface area contributed by atoms with E-state index in [1.807, 2.05) is 24.3 Å². The summed E-state index contributed by atoms with van der Waals surface area (Å²) in [5.74, 6) is 0.992. The van der Waals surface area contributed by atoms with E-state index in [4.69, 9.17) is 14.7 Å². The molecule has 1 aromatic heterocycles. The molecule has 0 unspecified atom stereocenters. The Balaban J connectivity index is 1.47. The molecule has 0 aliphatic carbocycles. The summed E-state index contributed by atoms with van der Waals surface area (Å²) in [6.07, 6.45) is 0. The molecule has 0 atom stereocenters. The molecule has 8 heteroatoms. The highest BCUT2D eigenvalue weighted by Gasteiger charge is 2.15. The molecular weight excluding hydrogens is 352 g/mol. The molecule has 128 valence electrons. The van der Waals surface area contributed by atoms with Gasteiger partial charge in [-0.15, -0.1) is 11.3 Å². The largest absolute Gasteiger partial charge is 0.454 e. The van der Waals surface area contributed by atoms with Gasteiger partial charge in [-0.3, -0.25) is 4.79 Å². The number of nitrogens with zero attached hydrogens (tertiary/aromatic N) is 2. The number of fused-ring (bicyclic) bond motifs is 1. The van der Waals surface area contributed by atoms with Crippen LogP contribution in [0.15, 0.2) is 47.8 Å². The van der Waals surface area contributed by atoms with Crippen molar-refractivity contribution in [1.82, 2.24) is 4.98 Å². The SMILES string of the molecule is N#Cc1ccccc1NC(=O)c1csc(Nc2ccc3c(c2)OCO3)n1. The molecular formula is C18H12N4O3S. The Morgan fingerprint density at radius 2 is 2.04 bits per heavy atom. The van der Waals surface area contributed by atoms with Crippen molar-refractivity contribution in [3.63, 3.8) is 0 Å². The quantitative estimate of drug-likeness (QED) is 0.732. The monoisotopic (exact) mass is 364 g/mol. The maximum absolute atomic E-state index is 12.4. The summed E-state index contributed by atoms with van der Waals surface area (Å²) in [5, 5.41) is 17.2. The van der Waals surface area contributed by atoms with Gasteiger partial charge >= 0.3 is 0 Å². The number of amides is 1. The zero-order valence-corrected chi connectivity index (χ0v) is 14.2. The minimum Gasteiger partial charge on any atom is -0.454 e. The molecule has 26 heavy (non-hydrogen) atoms. The number of thiazole rings is 1. The molecule has 2 N–H and O–H groups in total. The number of para-hydroxylation sites is 1. The Hall–Kier alpha value is -3.57. The van der Waals surface area contributed by atoms with Gasteiger partial charge in [0.1, 0.15) is 11.8 Å². The first-order valence-corrected chi connectivity index (χ1v) is 8.53. The molecule has 0 saturated heterocycles. The molecule has 1 aliphatic rings. The van der Waals surface area contributed by atoms with Crippen LogP contribution in [0.3, 0.4) is 0 Å². The van der Waals surface area contributed by atoms with Crippen molar-refractivity contribution in [3.8, 4) is 17.6 Å². The van der Waals surface area contributed by atoms with Gasteiger partial charge < -0.3 is 20.1 Å². The molecule has 2 heterocycles. The topological polar surface area (TPSA) is 96.3 Å². The number of hydrogen-bond acceptors (Lipinski definition) is 7. The minimum absolute atomic E-state index is 0.213. The fraction of sp³-hybridized carbons (Fsp3) is 0.0556. The Labute approximate surface area is 152 Å². The van der Waals surface area contributed by atoms with Crippen LogP contribution in [-0.4, -0.2) is 17.7 Å². The van der Waals surface area contributed by atoms with Crippen LogP contribution in [0.2, 0.25) is 0 Å². The predicted molar refractivity (Wildman–Crippen MR) is 97.1 cm³/mol. The Bertz CT molecular complexity index is 1030. The van der Waals surface area contributed by atoms with Crippen LogP contribution in [0.25, 0.3) is 0 Å². The number of nitrogens with one attached hydrogen (secondary N) is 2. The van der Waals surface area contributed by atoms with Crippen LogP contribution in [-0.2, 0) is 0 Å². The summed E-state index contributed by atoms with van der Waals surface area (Å²) in [5.41, 5.74) is 1.91. The minimum atomic E-state index is -0.373. The van der Waals surface area contributed by atoms with Crippen LogP contribution in [0.1, 0.15) is 16.1 Å². The van der Waals surface area contributed by atoms with Crippen molar-refractivity contribution in [2.24, 2.45) is 0 Å². The lowest BCUT2D eigenvalue weighted by atomic mass is 10.2. The normalized spacial score (nSPS) is 11.7. The molecule has 1 aliphatic heterocycles. The number of carbonyl (C=O) groups is 1. The summed E-state index contributed by atoms with van der Waals surface area (Å²) in [4.78, 5) is 16.7. The Kier molecular flexibility index (Phi) is 4.13. The van der Waals surface area contributed by atoms with E-state index in [0.717, 1.165) is 5.69 Å². The van der Waals surface area contributed by atoms with Gasteiger partial charge in [-0.25, -0.2) is 4.98 Å². The summed E-state index contributed by atoms with van der Waals surface area (Å²) in [7, 11) is 0. The van der Waals surface area contributed by atoms with E-state index in [0.29, 0.717) is 27.9 Å². The van der Waals surface area contributed by atoms with Gasteiger partial charge in [0.15, 0.2) is 16.6 Å². The lowest BCUT2D eigenvalue weighted by Crippen LogP contribution is -2.13. The number of anilines is 3. The highest BCUT2D eigenvalue weighted by molar-refractivity contribution is 7.14. The average molecular weight is 364 g/mol. The third-order valence-corrected chi connectivity index (χ3v) is 4.41. The molecule has 0 saturated carbocycles. The molecule has 0 radical (unpaired) electrons. The zero-order chi connectivity index (χ0) is 17.9. The Morgan fingerprint density at radius 1 is 1.19 bits per heavy atom. The van der Waals surface area contributed by atoms with Gasteiger partial charge in [0.25, 0.3) is 5.91 Å². The van der Waals surface area contributed by atoms with Gasteiger partial charge in [0, 0.05) is 17.1 Å². The molecule has 0 bridgehead atoms. The number of hydrogen-bond donors (Lipinski definition) is 2. The van der Waals surface area contributed by atoms with E-state index in [9.17, 15) is 4.79 Å². The van der Waals surface area contributed by atoms with Crippen molar-refractivity contribution in [1.29, 1.82) is 5.26 Å². The second-order valence-corrected chi connectivity index (χ2v) is 6.20. The van der Waals surface area contributed by atoms with Gasteiger partial charge in [-0.2, -0.15) is 5.26 Å². The van der Waals surface area contributed by atoms with Crippen LogP contribution < -0.4 is 20.1 Å². The summed E-state index contributed by atoms with van der Waals surface area (Å²) < 4.78 is 10.6. The Morgan fingerprint density at radius 3 is 2.92 bits per heavy atom. The van der Waals surface area contributed by atoms with Crippen molar-refractivity contribution >= 4 is 33.8 Å². The molecule has 3 aromatic rings. The first-order chi connectivity index (χ1) is 12.7. The van der Waals surface area contributed by atoms with E-state index < -0.39 is 0 Å². The van der Waals surface area contributed by atoms with Gasteiger partial charge in [0.2, 0.25) is 6.79 Å². The average Bonchev–Trinajstić information content (AvgIpc) is 3.31. The number of benzene rings is 2. The standard InChI is InChI=1S/C18H12N4O3S/c19-8-11-3-1-2-4-13(11)21-17(23)14-9-26-18(22-14)20-12-5-6-15-16(7-12)25-10-24-15/h1-7,9H,10H2,(H,20,22)(H,21,23). The van der Waals surface area contributed by atoms with Crippen LogP contribution in [0.4, 0.5) is 16.5 Å². The first kappa shape index (κ1) is 15.9. The maximum atomic E-state index is 12.4. The van der Waals surface area contributed by atoms with E-state index in [-0.39, 0.29) is 18.4 Å². The number of ether oxygens (including phenoxy) is 2. The maximum Gasteiger partial charge on any atom is 0.275 e. The smallest absolute Gasteiger partial charge is 0.275 e. The number of rotatable bonds is 4. The first-order valence-electron chi connectivity index (χ1n) is 7.65. The van der Waals surface area contributed by atoms with Gasteiger partial charge in [0.05, 0.1) is 11.3 Å². The van der Waals surface area contributed by atoms with Crippen molar-refractivity contribution in [2.75, 3.05) is 17.4 Å². The molecule has 0 fully saturated rings. The van der Waals surface area contributed by atoms with E-state index in [1.165, 1.54) is 11.3 Å². The lowest BCUT2D eigenvalue weighted by molar-refractivity contribution is 0.102. The summed E-state index contributed by atoms with van der Waals surface area (Å²) in [6.45, 7) is 0.213. The second kappa shape index (κ2) is 6.74. The summed E-state index contributed by atoms with van der Waals surface area (Å²) >= 11 is 1.31. The number of carbonyl (C=O) groups excluding carboxylic acids is 1. The predicted octanol–water partition coefficient (Wildman–Crippen LogP) is 3.74. The van der Waals surface area contributed by atoms with Crippen molar-refractivity contribution in [3.05, 3.63) is 59.1 Å². The van der Waals surface area contributed by atoms with Gasteiger partial charge in [-0.05, 0) is 24.3 Å².